The minimum absolute atomic E-state index is 0.125. The van der Waals surface area contributed by atoms with Crippen molar-refractivity contribution in [2.75, 3.05) is 0 Å². The second-order valence-corrected chi connectivity index (χ2v) is 3.92. The molecule has 0 atom stereocenters. The van der Waals surface area contributed by atoms with Gasteiger partial charge in [0.25, 0.3) is 0 Å². The topological polar surface area (TPSA) is 60.7 Å². The van der Waals surface area contributed by atoms with Gasteiger partial charge in [0.15, 0.2) is 0 Å². The van der Waals surface area contributed by atoms with E-state index in [-0.39, 0.29) is 5.75 Å². The number of aromatic hydroxyl groups is 1. The van der Waals surface area contributed by atoms with Crippen LogP contribution >= 0.6 is 0 Å². The van der Waals surface area contributed by atoms with E-state index in [1.165, 1.54) is 12.1 Å². The van der Waals surface area contributed by atoms with Crippen LogP contribution in [-0.2, 0) is 6.42 Å². The fourth-order valence-corrected chi connectivity index (χ4v) is 1.81. The fraction of sp³-hybridized carbons (Fsp3) is 0.0769. The van der Waals surface area contributed by atoms with Gasteiger partial charge in [-0.3, -0.25) is 0 Å². The highest BCUT2D eigenvalue weighted by atomic mass is 16.4. The Hall–Kier alpha value is -1.78. The minimum Gasteiger partial charge on any atom is -0.508 e. The molecule has 0 radical (unpaired) electrons. The van der Waals surface area contributed by atoms with E-state index >= 15 is 0 Å². The summed E-state index contributed by atoms with van der Waals surface area (Å²) in [7, 11) is -1.52. The van der Waals surface area contributed by atoms with Gasteiger partial charge in [0.05, 0.1) is 0 Å². The highest BCUT2D eigenvalue weighted by Gasteiger charge is 2.16. The summed E-state index contributed by atoms with van der Waals surface area (Å²) in [6, 6.07) is 14.2. The molecule has 3 N–H and O–H groups in total. The first-order valence-corrected chi connectivity index (χ1v) is 5.38. The number of benzene rings is 2. The van der Waals surface area contributed by atoms with E-state index in [4.69, 9.17) is 0 Å². The van der Waals surface area contributed by atoms with Crippen molar-refractivity contribution in [2.24, 2.45) is 0 Å². The maximum absolute atomic E-state index is 9.43. The highest BCUT2D eigenvalue weighted by molar-refractivity contribution is 6.59. The van der Waals surface area contributed by atoms with Crippen molar-refractivity contribution in [3.05, 3.63) is 59.7 Å². The molecule has 0 spiro atoms. The summed E-state index contributed by atoms with van der Waals surface area (Å²) in [5, 5.41) is 27.9. The molecule has 0 unspecified atom stereocenters. The molecule has 2 rings (SSSR count). The van der Waals surface area contributed by atoms with Gasteiger partial charge in [0.1, 0.15) is 5.75 Å². The lowest BCUT2D eigenvalue weighted by atomic mass is 9.75. The zero-order chi connectivity index (χ0) is 12.3. The van der Waals surface area contributed by atoms with Gasteiger partial charge in [-0.05, 0) is 35.1 Å². The van der Waals surface area contributed by atoms with Crippen LogP contribution in [0, 0.1) is 0 Å². The van der Waals surface area contributed by atoms with Crippen molar-refractivity contribution in [3.8, 4) is 5.75 Å². The SMILES string of the molecule is OB(O)c1ccc(O)cc1Cc1ccccc1. The Morgan fingerprint density at radius 2 is 1.65 bits per heavy atom. The molecule has 3 nitrogen and oxygen atoms in total. The van der Waals surface area contributed by atoms with Crippen LogP contribution in [0.1, 0.15) is 11.1 Å². The molecule has 0 saturated carbocycles. The van der Waals surface area contributed by atoms with E-state index < -0.39 is 7.12 Å². The zero-order valence-electron chi connectivity index (χ0n) is 9.24. The molecule has 0 aliphatic rings. The van der Waals surface area contributed by atoms with Gasteiger partial charge in [-0.2, -0.15) is 0 Å². The Morgan fingerprint density at radius 3 is 2.29 bits per heavy atom. The molecule has 0 bridgehead atoms. The van der Waals surface area contributed by atoms with Crippen LogP contribution in [0.5, 0.6) is 5.75 Å². The van der Waals surface area contributed by atoms with Crippen LogP contribution in [0.4, 0.5) is 0 Å². The van der Waals surface area contributed by atoms with Gasteiger partial charge in [-0.15, -0.1) is 0 Å². The molecule has 86 valence electrons. The third-order valence-corrected chi connectivity index (χ3v) is 2.64. The molecule has 0 fully saturated rings. The van der Waals surface area contributed by atoms with Crippen LogP contribution in [0.15, 0.2) is 48.5 Å². The third kappa shape index (κ3) is 2.87. The van der Waals surface area contributed by atoms with Gasteiger partial charge in [0, 0.05) is 0 Å². The maximum Gasteiger partial charge on any atom is 0.488 e. The molecule has 2 aromatic rings. The maximum atomic E-state index is 9.43. The standard InChI is InChI=1S/C13H13BO3/c15-12-6-7-13(14(16)17)11(9-12)8-10-4-2-1-3-5-10/h1-7,9,15-17H,8H2. The Bertz CT molecular complexity index is 497. The van der Waals surface area contributed by atoms with Gasteiger partial charge >= 0.3 is 7.12 Å². The molecule has 0 heterocycles. The van der Waals surface area contributed by atoms with Crippen molar-refractivity contribution in [1.29, 1.82) is 0 Å². The van der Waals surface area contributed by atoms with Crippen molar-refractivity contribution in [3.63, 3.8) is 0 Å². The zero-order valence-corrected chi connectivity index (χ0v) is 9.24. The number of phenols is 1. The molecule has 0 aliphatic carbocycles. The smallest absolute Gasteiger partial charge is 0.488 e. The summed E-state index contributed by atoms with van der Waals surface area (Å²) in [6.07, 6.45) is 0.558. The number of hydrogen-bond acceptors (Lipinski definition) is 3. The highest BCUT2D eigenvalue weighted by Crippen LogP contribution is 2.14. The van der Waals surface area contributed by atoms with E-state index in [0.29, 0.717) is 17.4 Å². The lowest BCUT2D eigenvalue weighted by Gasteiger charge is -2.09. The van der Waals surface area contributed by atoms with Gasteiger partial charge in [-0.1, -0.05) is 36.4 Å². The van der Waals surface area contributed by atoms with Crippen molar-refractivity contribution in [1.82, 2.24) is 0 Å². The first-order chi connectivity index (χ1) is 8.16. The second kappa shape index (κ2) is 5.04. The molecule has 0 amide bonds. The van der Waals surface area contributed by atoms with Crippen molar-refractivity contribution in [2.45, 2.75) is 6.42 Å². The van der Waals surface area contributed by atoms with Crippen LogP contribution in [0.3, 0.4) is 0 Å². The first kappa shape index (κ1) is 11.7. The normalized spacial score (nSPS) is 10.2. The van der Waals surface area contributed by atoms with E-state index in [9.17, 15) is 15.2 Å². The van der Waals surface area contributed by atoms with Crippen molar-refractivity contribution < 1.29 is 15.2 Å². The summed E-state index contributed by atoms with van der Waals surface area (Å²) >= 11 is 0. The Morgan fingerprint density at radius 1 is 0.941 bits per heavy atom. The number of phenolic OH excluding ortho intramolecular Hbond substituents is 1. The van der Waals surface area contributed by atoms with E-state index in [0.717, 1.165) is 5.56 Å². The minimum atomic E-state index is -1.52. The third-order valence-electron chi connectivity index (χ3n) is 2.64. The average molecular weight is 228 g/mol. The van der Waals surface area contributed by atoms with Gasteiger partial charge in [-0.25, -0.2) is 0 Å². The number of rotatable bonds is 3. The van der Waals surface area contributed by atoms with E-state index in [1.54, 1.807) is 6.07 Å². The quantitative estimate of drug-likeness (QED) is 0.676. The Kier molecular flexibility index (Phi) is 3.47. The molecule has 2 aromatic carbocycles. The Labute approximate surface area is 100 Å². The molecule has 4 heteroatoms. The predicted octanol–water partition coefficient (Wildman–Crippen LogP) is 0.663. The summed E-state index contributed by atoms with van der Waals surface area (Å²) in [5.41, 5.74) is 2.19. The Balaban J connectivity index is 2.34. The lowest BCUT2D eigenvalue weighted by Crippen LogP contribution is -2.33. The summed E-state index contributed by atoms with van der Waals surface area (Å²) in [4.78, 5) is 0. The molecular formula is C13H13BO3. The van der Waals surface area contributed by atoms with Gasteiger partial charge in [0.2, 0.25) is 0 Å². The molecule has 17 heavy (non-hydrogen) atoms. The summed E-state index contributed by atoms with van der Waals surface area (Å²) < 4.78 is 0. The fourth-order valence-electron chi connectivity index (χ4n) is 1.81. The molecule has 0 aliphatic heterocycles. The van der Waals surface area contributed by atoms with Crippen LogP contribution in [0.2, 0.25) is 0 Å². The average Bonchev–Trinajstić information content (AvgIpc) is 2.30. The molecule has 0 saturated heterocycles. The summed E-state index contributed by atoms with van der Waals surface area (Å²) in [6.45, 7) is 0. The largest absolute Gasteiger partial charge is 0.508 e. The monoisotopic (exact) mass is 228 g/mol. The van der Waals surface area contributed by atoms with E-state index in [2.05, 4.69) is 0 Å². The van der Waals surface area contributed by atoms with E-state index in [1.807, 2.05) is 30.3 Å². The van der Waals surface area contributed by atoms with Crippen LogP contribution in [0.25, 0.3) is 0 Å². The van der Waals surface area contributed by atoms with Crippen molar-refractivity contribution >= 4 is 12.6 Å². The second-order valence-electron chi connectivity index (χ2n) is 3.92. The molecular weight excluding hydrogens is 215 g/mol. The molecule has 0 aromatic heterocycles. The predicted molar refractivity (Wildman–Crippen MR) is 67.2 cm³/mol. The van der Waals surface area contributed by atoms with Crippen LogP contribution in [-0.4, -0.2) is 22.3 Å². The summed E-state index contributed by atoms with van der Waals surface area (Å²) in [5.74, 6) is 0.125. The first-order valence-electron chi connectivity index (χ1n) is 5.38. The number of hydrogen-bond donors (Lipinski definition) is 3. The van der Waals surface area contributed by atoms with Gasteiger partial charge < -0.3 is 15.2 Å². The lowest BCUT2D eigenvalue weighted by molar-refractivity contribution is 0.425. The van der Waals surface area contributed by atoms with Crippen LogP contribution < -0.4 is 5.46 Å².